The summed E-state index contributed by atoms with van der Waals surface area (Å²) in [6.45, 7) is 3.60. The number of carbonyl (C=O) groups is 1. The predicted molar refractivity (Wildman–Crippen MR) is 225 cm³/mol. The Morgan fingerprint density at radius 1 is 0.879 bits per heavy atom. The fourth-order valence-electron chi connectivity index (χ4n) is 7.55. The highest BCUT2D eigenvalue weighted by Gasteiger charge is 2.35. The Morgan fingerprint density at radius 2 is 1.59 bits per heavy atom. The second-order valence-electron chi connectivity index (χ2n) is 14.8. The van der Waals surface area contributed by atoms with E-state index >= 15 is 0 Å². The lowest BCUT2D eigenvalue weighted by Gasteiger charge is -2.38. The molecule has 292 valence electrons. The van der Waals surface area contributed by atoms with Crippen LogP contribution in [-0.4, -0.2) is 34.6 Å². The van der Waals surface area contributed by atoms with Gasteiger partial charge in [-0.15, -0.1) is 0 Å². The van der Waals surface area contributed by atoms with Crippen LogP contribution in [0.15, 0.2) is 127 Å². The molecule has 0 bridgehead atoms. The Bertz CT molecular complexity index is 2470. The summed E-state index contributed by atoms with van der Waals surface area (Å²) in [5.74, 6) is 2.15. The zero-order valence-electron chi connectivity index (χ0n) is 31.8. The maximum absolute atomic E-state index is 14.1. The molecule has 0 aromatic heterocycles. The molecule has 10 heteroatoms. The quantitative estimate of drug-likeness (QED) is 0.134. The van der Waals surface area contributed by atoms with Crippen LogP contribution in [0.2, 0.25) is 10.0 Å². The van der Waals surface area contributed by atoms with Gasteiger partial charge in [-0.3, -0.25) is 9.69 Å². The van der Waals surface area contributed by atoms with E-state index in [2.05, 4.69) is 40.6 Å². The van der Waals surface area contributed by atoms with Crippen LogP contribution in [0.25, 0.3) is 11.1 Å². The number of rotatable bonds is 11. The molecule has 0 saturated carbocycles. The number of para-hydroxylation sites is 1. The Balaban J connectivity index is 0.942. The smallest absolute Gasteiger partial charge is 0.237 e. The first-order chi connectivity index (χ1) is 28.2. The highest BCUT2D eigenvalue weighted by Crippen LogP contribution is 2.41. The summed E-state index contributed by atoms with van der Waals surface area (Å²) in [7, 11) is 0. The van der Waals surface area contributed by atoms with E-state index in [-0.39, 0.29) is 23.8 Å². The minimum atomic E-state index is -0.471. The first-order valence-corrected chi connectivity index (χ1v) is 20.0. The minimum absolute atomic E-state index is 0.0675. The predicted octanol–water partition coefficient (Wildman–Crippen LogP) is 10.0. The third-order valence-corrected chi connectivity index (χ3v) is 11.4. The van der Waals surface area contributed by atoms with Gasteiger partial charge in [-0.1, -0.05) is 96.0 Å². The van der Waals surface area contributed by atoms with Gasteiger partial charge in [0.05, 0.1) is 27.7 Å². The molecule has 6 aromatic carbocycles. The molecule has 2 N–H and O–H groups in total. The number of carbonyl (C=O) groups excluding carboxylic acids is 1. The summed E-state index contributed by atoms with van der Waals surface area (Å²) >= 11 is 12.2. The highest BCUT2D eigenvalue weighted by atomic mass is 35.5. The van der Waals surface area contributed by atoms with E-state index in [0.29, 0.717) is 72.0 Å². The van der Waals surface area contributed by atoms with Gasteiger partial charge in [0.2, 0.25) is 5.91 Å². The van der Waals surface area contributed by atoms with Crippen molar-refractivity contribution in [2.24, 2.45) is 0 Å². The summed E-state index contributed by atoms with van der Waals surface area (Å²) in [6, 6.07) is 41.9. The Kier molecular flexibility index (Phi) is 11.6. The minimum Gasteiger partial charge on any atom is -0.508 e. The molecule has 0 saturated heterocycles. The number of halogens is 2. The summed E-state index contributed by atoms with van der Waals surface area (Å²) in [6.07, 6.45) is 0.823. The maximum atomic E-state index is 14.1. The number of nitrogens with zero attached hydrogens (tertiary/aromatic N) is 2. The van der Waals surface area contributed by atoms with E-state index in [1.165, 1.54) is 0 Å². The largest absolute Gasteiger partial charge is 0.508 e. The molecule has 2 aliphatic heterocycles. The van der Waals surface area contributed by atoms with Crippen molar-refractivity contribution < 1.29 is 24.1 Å². The summed E-state index contributed by atoms with van der Waals surface area (Å²) in [5.41, 5.74) is 8.55. The number of hydrogen-bond donors (Lipinski definition) is 2. The van der Waals surface area contributed by atoms with Gasteiger partial charge in [0.15, 0.2) is 17.6 Å². The number of ether oxygens (including phenoxy) is 3. The van der Waals surface area contributed by atoms with E-state index < -0.39 is 6.04 Å². The van der Waals surface area contributed by atoms with E-state index in [1.807, 2.05) is 85.8 Å². The van der Waals surface area contributed by atoms with Gasteiger partial charge < -0.3 is 24.6 Å². The van der Waals surface area contributed by atoms with Crippen molar-refractivity contribution in [2.45, 2.75) is 57.6 Å². The molecule has 0 fully saturated rings. The molecular formula is C48H41Cl2N3O5. The first kappa shape index (κ1) is 38.9. The van der Waals surface area contributed by atoms with Crippen LogP contribution < -0.4 is 19.5 Å². The number of nitrogens with one attached hydrogen (secondary N) is 1. The van der Waals surface area contributed by atoms with Crippen molar-refractivity contribution in [1.82, 2.24) is 10.2 Å². The zero-order valence-corrected chi connectivity index (χ0v) is 33.3. The van der Waals surface area contributed by atoms with Crippen molar-refractivity contribution in [3.8, 4) is 40.2 Å². The van der Waals surface area contributed by atoms with Gasteiger partial charge in [0, 0.05) is 24.7 Å². The molecule has 0 spiro atoms. The number of fused-ring (bicyclic) bond motifs is 2. The van der Waals surface area contributed by atoms with Crippen molar-refractivity contribution >= 4 is 29.1 Å². The van der Waals surface area contributed by atoms with Gasteiger partial charge in [0.25, 0.3) is 0 Å². The Labute approximate surface area is 348 Å². The number of phenols is 1. The number of aromatic hydroxyl groups is 1. The normalized spacial score (nSPS) is 16.4. The Morgan fingerprint density at radius 3 is 2.31 bits per heavy atom. The fourth-order valence-corrected chi connectivity index (χ4v) is 7.87. The van der Waals surface area contributed by atoms with E-state index in [0.717, 1.165) is 44.5 Å². The van der Waals surface area contributed by atoms with Crippen LogP contribution in [0.5, 0.6) is 23.0 Å². The first-order valence-electron chi connectivity index (χ1n) is 19.2. The second-order valence-corrected chi connectivity index (χ2v) is 15.7. The molecule has 2 heterocycles. The molecular weight excluding hydrogens is 769 g/mol. The van der Waals surface area contributed by atoms with Gasteiger partial charge in [0.1, 0.15) is 24.7 Å². The molecule has 1 unspecified atom stereocenters. The van der Waals surface area contributed by atoms with Gasteiger partial charge in [-0.25, -0.2) is 0 Å². The third kappa shape index (κ3) is 8.93. The van der Waals surface area contributed by atoms with Gasteiger partial charge >= 0.3 is 0 Å². The fraction of sp³-hybridized carbons (Fsp3) is 0.208. The summed E-state index contributed by atoms with van der Waals surface area (Å²) < 4.78 is 18.8. The van der Waals surface area contributed by atoms with Crippen molar-refractivity contribution in [3.63, 3.8) is 0 Å². The van der Waals surface area contributed by atoms with Crippen LogP contribution >= 0.6 is 23.2 Å². The molecule has 1 amide bonds. The van der Waals surface area contributed by atoms with Crippen molar-refractivity contribution in [2.75, 3.05) is 6.61 Å². The molecule has 0 aliphatic carbocycles. The van der Waals surface area contributed by atoms with E-state index in [9.17, 15) is 9.90 Å². The number of nitriles is 1. The van der Waals surface area contributed by atoms with E-state index in [4.69, 9.17) is 42.7 Å². The monoisotopic (exact) mass is 809 g/mol. The maximum Gasteiger partial charge on any atom is 0.237 e. The second kappa shape index (κ2) is 17.3. The van der Waals surface area contributed by atoms with Crippen molar-refractivity contribution in [1.29, 1.82) is 5.26 Å². The molecule has 6 aromatic rings. The zero-order chi connectivity index (χ0) is 40.2. The average Bonchev–Trinajstić information content (AvgIpc) is 3.24. The lowest BCUT2D eigenvalue weighted by Crippen LogP contribution is -2.52. The van der Waals surface area contributed by atoms with Gasteiger partial charge in [-0.05, 0) is 113 Å². The highest BCUT2D eigenvalue weighted by molar-refractivity contribution is 6.42. The number of phenolic OH excluding ortho intramolecular Hbond substituents is 1. The molecule has 8 nitrogen and oxygen atoms in total. The molecule has 2 aliphatic rings. The molecule has 8 rings (SSSR count). The summed E-state index contributed by atoms with van der Waals surface area (Å²) in [5, 5.41) is 24.1. The van der Waals surface area contributed by atoms with Gasteiger partial charge in [-0.2, -0.15) is 5.26 Å². The number of hydrogen-bond acceptors (Lipinski definition) is 7. The lowest BCUT2D eigenvalue weighted by molar-refractivity contribution is -0.128. The van der Waals surface area contributed by atoms with Crippen LogP contribution in [-0.2, 0) is 37.3 Å². The Hall–Kier alpha value is -5.98. The lowest BCUT2D eigenvalue weighted by atomic mass is 9.91. The van der Waals surface area contributed by atoms with E-state index in [1.54, 1.807) is 24.3 Å². The molecule has 58 heavy (non-hydrogen) atoms. The van der Waals surface area contributed by atoms with Crippen LogP contribution in [0.4, 0.5) is 0 Å². The van der Waals surface area contributed by atoms with Crippen molar-refractivity contribution in [3.05, 3.63) is 176 Å². The average molecular weight is 811 g/mol. The number of amides is 1. The van der Waals surface area contributed by atoms with Crippen LogP contribution in [0.3, 0.4) is 0 Å². The van der Waals surface area contributed by atoms with Crippen LogP contribution in [0.1, 0.15) is 52.0 Å². The summed E-state index contributed by atoms with van der Waals surface area (Å²) in [4.78, 5) is 16.2. The topological polar surface area (TPSA) is 104 Å². The molecule has 3 atom stereocenters. The standard InChI is InChI=1S/C48H41Cl2N3O5/c1-30(20-31-6-11-34(12-7-31)35-13-8-32(25-51)9-14-35)52-48(55)43-22-38-23-45-46(24-39(38)27-53(43)26-37-4-2-3-5-44(37)54)58-47(29-57-45)36-15-17-40(18-16-36)56-28-33-10-19-41(49)42(50)21-33/h2-19,21,23-24,30,43,47,54H,20,22,26-29H2,1H3,(H,52,55)/t30-,43+,47?/m1/s1. The number of benzene rings is 6. The third-order valence-electron chi connectivity index (χ3n) is 10.7. The van der Waals surface area contributed by atoms with Crippen LogP contribution in [0, 0.1) is 11.3 Å². The molecule has 0 radical (unpaired) electrons. The SMILES string of the molecule is C[C@H](Cc1ccc(-c2ccc(C#N)cc2)cc1)NC(=O)[C@@H]1Cc2cc3c(cc2CN1Cc1ccccc1O)OC(c1ccc(OCc2ccc(Cl)c(Cl)c2)cc1)CO3.